The molecular formula is C14H18ClNO5. The maximum absolute atomic E-state index is 11.8. The van der Waals surface area contributed by atoms with Crippen LogP contribution in [0.5, 0.6) is 5.75 Å². The minimum Gasteiger partial charge on any atom is -0.481 e. The van der Waals surface area contributed by atoms with E-state index in [9.17, 15) is 14.7 Å². The van der Waals surface area contributed by atoms with Crippen molar-refractivity contribution in [2.24, 2.45) is 0 Å². The molecule has 3 N–H and O–H groups in total. The highest BCUT2D eigenvalue weighted by atomic mass is 35.5. The lowest BCUT2D eigenvalue weighted by molar-refractivity contribution is -0.156. The van der Waals surface area contributed by atoms with Crippen LogP contribution in [0, 0.1) is 6.92 Å². The first-order chi connectivity index (χ1) is 9.63. The van der Waals surface area contributed by atoms with E-state index in [1.165, 1.54) is 6.92 Å². The van der Waals surface area contributed by atoms with Crippen LogP contribution < -0.4 is 10.1 Å². The summed E-state index contributed by atoms with van der Waals surface area (Å²) in [5.74, 6) is -1.46. The van der Waals surface area contributed by atoms with Gasteiger partial charge in [-0.15, -0.1) is 0 Å². The first-order valence-corrected chi connectivity index (χ1v) is 6.67. The molecule has 0 aromatic heterocycles. The van der Waals surface area contributed by atoms with E-state index in [4.69, 9.17) is 21.4 Å². The number of hydrogen-bond acceptors (Lipinski definition) is 4. The molecule has 0 heterocycles. The lowest BCUT2D eigenvalue weighted by atomic mass is 10.1. The zero-order valence-corrected chi connectivity index (χ0v) is 12.8. The number of benzene rings is 1. The van der Waals surface area contributed by atoms with Gasteiger partial charge in [-0.2, -0.15) is 0 Å². The molecule has 1 aromatic rings. The predicted octanol–water partition coefficient (Wildman–Crippen LogP) is 1.37. The normalized spacial score (nSPS) is 14.9. The van der Waals surface area contributed by atoms with Crippen LogP contribution >= 0.6 is 11.6 Å². The van der Waals surface area contributed by atoms with E-state index in [1.54, 1.807) is 18.2 Å². The number of carboxylic acids is 1. The number of carboxylic acid groups (broad SMARTS) is 1. The summed E-state index contributed by atoms with van der Waals surface area (Å²) in [7, 11) is 0. The number of amides is 1. The third kappa shape index (κ3) is 4.91. The smallest absolute Gasteiger partial charge is 0.337 e. The number of aliphatic hydroxyl groups is 1. The van der Waals surface area contributed by atoms with Crippen molar-refractivity contribution in [2.75, 3.05) is 6.54 Å². The third-order valence-corrected chi connectivity index (χ3v) is 3.30. The Morgan fingerprint density at radius 1 is 1.48 bits per heavy atom. The second kappa shape index (κ2) is 6.78. The Kier molecular flexibility index (Phi) is 5.57. The van der Waals surface area contributed by atoms with Gasteiger partial charge in [0, 0.05) is 5.02 Å². The molecule has 6 nitrogen and oxygen atoms in total. The summed E-state index contributed by atoms with van der Waals surface area (Å²) in [6.07, 6.45) is -0.838. The average Bonchev–Trinajstić information content (AvgIpc) is 2.40. The van der Waals surface area contributed by atoms with E-state index in [0.29, 0.717) is 10.8 Å². The number of halogens is 1. The molecule has 0 fully saturated rings. The number of nitrogens with one attached hydrogen (secondary N) is 1. The van der Waals surface area contributed by atoms with Crippen LogP contribution in [-0.4, -0.2) is 40.3 Å². The molecule has 7 heteroatoms. The topological polar surface area (TPSA) is 95.9 Å². The number of aliphatic carboxylic acids is 1. The molecular weight excluding hydrogens is 298 g/mol. The fourth-order valence-electron chi connectivity index (χ4n) is 1.43. The average molecular weight is 316 g/mol. The van der Waals surface area contributed by atoms with Gasteiger partial charge in [0.25, 0.3) is 5.91 Å². The summed E-state index contributed by atoms with van der Waals surface area (Å²) in [5.41, 5.74) is -1.21. The Morgan fingerprint density at radius 3 is 2.62 bits per heavy atom. The van der Waals surface area contributed by atoms with Crippen molar-refractivity contribution in [1.82, 2.24) is 5.32 Å². The minimum absolute atomic E-state index is 0.408. The van der Waals surface area contributed by atoms with Crippen LogP contribution in [0.15, 0.2) is 18.2 Å². The van der Waals surface area contributed by atoms with Crippen LogP contribution in [0.1, 0.15) is 19.4 Å². The van der Waals surface area contributed by atoms with E-state index in [-0.39, 0.29) is 0 Å². The highest BCUT2D eigenvalue weighted by Crippen LogP contribution is 2.21. The summed E-state index contributed by atoms with van der Waals surface area (Å²) in [5, 5.41) is 21.2. The summed E-state index contributed by atoms with van der Waals surface area (Å²) in [6, 6.07) is 4.98. The number of hydrogen-bond donors (Lipinski definition) is 3. The molecule has 1 rings (SSSR count). The van der Waals surface area contributed by atoms with Crippen LogP contribution in [0.2, 0.25) is 5.02 Å². The fraction of sp³-hybridized carbons (Fsp3) is 0.429. The number of aryl methyl sites for hydroxylation is 1. The van der Waals surface area contributed by atoms with Gasteiger partial charge in [-0.25, -0.2) is 4.79 Å². The van der Waals surface area contributed by atoms with Gasteiger partial charge in [0.05, 0.1) is 6.54 Å². The molecule has 0 aliphatic carbocycles. The molecule has 0 radical (unpaired) electrons. The van der Waals surface area contributed by atoms with E-state index >= 15 is 0 Å². The van der Waals surface area contributed by atoms with Crippen molar-refractivity contribution in [3.05, 3.63) is 28.8 Å². The highest BCUT2D eigenvalue weighted by Gasteiger charge is 2.31. The van der Waals surface area contributed by atoms with Crippen molar-refractivity contribution < 1.29 is 24.5 Å². The summed E-state index contributed by atoms with van der Waals surface area (Å²) < 4.78 is 5.44. The molecule has 2 unspecified atom stereocenters. The van der Waals surface area contributed by atoms with E-state index in [2.05, 4.69) is 5.32 Å². The molecule has 0 aliphatic heterocycles. The fourth-order valence-corrected chi connectivity index (χ4v) is 1.54. The Morgan fingerprint density at radius 2 is 2.10 bits per heavy atom. The van der Waals surface area contributed by atoms with Gasteiger partial charge >= 0.3 is 5.97 Å². The van der Waals surface area contributed by atoms with Crippen molar-refractivity contribution >= 4 is 23.5 Å². The largest absolute Gasteiger partial charge is 0.481 e. The van der Waals surface area contributed by atoms with Gasteiger partial charge in [0.15, 0.2) is 11.7 Å². The van der Waals surface area contributed by atoms with E-state index < -0.39 is 30.1 Å². The van der Waals surface area contributed by atoms with Crippen LogP contribution in [0.3, 0.4) is 0 Å². The summed E-state index contributed by atoms with van der Waals surface area (Å²) in [6.45, 7) is 4.02. The lowest BCUT2D eigenvalue weighted by Crippen LogP contribution is -2.49. The highest BCUT2D eigenvalue weighted by molar-refractivity contribution is 6.31. The first kappa shape index (κ1) is 17.3. The van der Waals surface area contributed by atoms with E-state index in [0.717, 1.165) is 12.5 Å². The monoisotopic (exact) mass is 315 g/mol. The van der Waals surface area contributed by atoms with E-state index in [1.807, 2.05) is 6.92 Å². The molecule has 0 bridgehead atoms. The second-order valence-corrected chi connectivity index (χ2v) is 5.38. The molecule has 1 amide bonds. The zero-order chi connectivity index (χ0) is 16.2. The molecule has 0 saturated carbocycles. The Bertz CT molecular complexity index is 544. The molecule has 0 aliphatic rings. The lowest BCUT2D eigenvalue weighted by Gasteiger charge is -2.20. The molecule has 1 aromatic carbocycles. The number of carbonyl (C=O) groups is 2. The van der Waals surface area contributed by atoms with Gasteiger partial charge in [0.1, 0.15) is 5.75 Å². The maximum Gasteiger partial charge on any atom is 0.337 e. The van der Waals surface area contributed by atoms with Gasteiger partial charge < -0.3 is 20.3 Å². The van der Waals surface area contributed by atoms with Crippen LogP contribution in [-0.2, 0) is 9.59 Å². The Balaban J connectivity index is 2.59. The van der Waals surface area contributed by atoms with Crippen molar-refractivity contribution in [3.8, 4) is 5.75 Å². The molecule has 21 heavy (non-hydrogen) atoms. The van der Waals surface area contributed by atoms with Crippen LogP contribution in [0.25, 0.3) is 0 Å². The van der Waals surface area contributed by atoms with Crippen molar-refractivity contribution in [1.29, 1.82) is 0 Å². The molecule has 0 saturated heterocycles. The quantitative estimate of drug-likeness (QED) is 0.737. The SMILES string of the molecule is Cc1cc(OC(C)C(=O)NCC(C)(O)C(=O)O)ccc1Cl. The molecule has 0 spiro atoms. The Labute approximate surface area is 127 Å². The van der Waals surface area contributed by atoms with Gasteiger partial charge in [-0.3, -0.25) is 4.79 Å². The van der Waals surface area contributed by atoms with Crippen molar-refractivity contribution in [3.63, 3.8) is 0 Å². The molecule has 2 atom stereocenters. The summed E-state index contributed by atoms with van der Waals surface area (Å²) in [4.78, 5) is 22.5. The maximum atomic E-state index is 11.8. The summed E-state index contributed by atoms with van der Waals surface area (Å²) >= 11 is 5.89. The molecule has 116 valence electrons. The Hall–Kier alpha value is -1.79. The predicted molar refractivity (Wildman–Crippen MR) is 77.5 cm³/mol. The van der Waals surface area contributed by atoms with Gasteiger partial charge in [0.2, 0.25) is 0 Å². The minimum atomic E-state index is -2.02. The standard InChI is InChI=1S/C14H18ClNO5/c1-8-6-10(4-5-11(8)15)21-9(2)12(17)16-7-14(3,20)13(18)19/h4-6,9,20H,7H2,1-3H3,(H,16,17)(H,18,19). The van der Waals surface area contributed by atoms with Crippen molar-refractivity contribution in [2.45, 2.75) is 32.5 Å². The first-order valence-electron chi connectivity index (χ1n) is 6.30. The number of rotatable bonds is 6. The van der Waals surface area contributed by atoms with Gasteiger partial charge in [-0.05, 0) is 44.5 Å². The number of carbonyl (C=O) groups excluding carboxylic acids is 1. The van der Waals surface area contributed by atoms with Gasteiger partial charge in [-0.1, -0.05) is 11.6 Å². The second-order valence-electron chi connectivity index (χ2n) is 4.97. The van der Waals surface area contributed by atoms with Crippen LogP contribution in [0.4, 0.5) is 0 Å². The third-order valence-electron chi connectivity index (χ3n) is 2.88. The number of ether oxygens (including phenoxy) is 1. The zero-order valence-electron chi connectivity index (χ0n) is 12.0.